The smallest absolute Gasteiger partial charge is 0.0320 e. The molecule has 0 radical (unpaired) electrons. The highest BCUT2D eigenvalue weighted by atomic mass is 15.1. The van der Waals surface area contributed by atoms with E-state index in [1.807, 2.05) is 0 Å². The Bertz CT molecular complexity index is 144. The van der Waals surface area contributed by atoms with E-state index in [1.165, 1.54) is 0 Å². The van der Waals surface area contributed by atoms with Crippen molar-refractivity contribution in [2.75, 3.05) is 13.1 Å². The van der Waals surface area contributed by atoms with Crippen molar-refractivity contribution in [3.8, 4) is 12.3 Å². The summed E-state index contributed by atoms with van der Waals surface area (Å²) in [6, 6.07) is 1.18. The van der Waals surface area contributed by atoms with E-state index in [2.05, 4.69) is 23.5 Å². The summed E-state index contributed by atoms with van der Waals surface area (Å²) < 4.78 is 0. The average molecular weight is 152 g/mol. The Balaban J connectivity index is 2.14. The lowest BCUT2D eigenvalue weighted by Gasteiger charge is -2.31. The number of rotatable bonds is 4. The molecule has 1 rings (SSSR count). The first-order valence-corrected chi connectivity index (χ1v) is 4.27. The molecule has 1 aliphatic rings. The zero-order valence-electron chi connectivity index (χ0n) is 7.06. The minimum Gasteiger partial charge on any atom is -0.314 e. The van der Waals surface area contributed by atoms with Crippen molar-refractivity contribution < 1.29 is 0 Å². The van der Waals surface area contributed by atoms with Gasteiger partial charge in [-0.05, 0) is 6.42 Å². The molecule has 0 amide bonds. The third kappa shape index (κ3) is 2.53. The van der Waals surface area contributed by atoms with Gasteiger partial charge < -0.3 is 10.6 Å². The Kier molecular flexibility index (Phi) is 3.41. The fourth-order valence-corrected chi connectivity index (χ4v) is 1.20. The summed E-state index contributed by atoms with van der Waals surface area (Å²) in [6.07, 6.45) is 7.21. The Morgan fingerprint density at radius 2 is 2.45 bits per heavy atom. The van der Waals surface area contributed by atoms with Gasteiger partial charge in [-0.25, -0.2) is 0 Å². The average Bonchev–Trinajstić information content (AvgIpc) is 1.94. The van der Waals surface area contributed by atoms with Crippen molar-refractivity contribution in [3.63, 3.8) is 0 Å². The highest BCUT2D eigenvalue weighted by molar-refractivity contribution is 4.92. The SMILES string of the molecule is C#CCC(CC)NC1CNC1. The van der Waals surface area contributed by atoms with E-state index in [0.29, 0.717) is 12.1 Å². The molecule has 1 heterocycles. The van der Waals surface area contributed by atoms with Crippen LogP contribution < -0.4 is 10.6 Å². The van der Waals surface area contributed by atoms with Gasteiger partial charge in [0.1, 0.15) is 0 Å². The Hall–Kier alpha value is -0.520. The monoisotopic (exact) mass is 152 g/mol. The zero-order valence-corrected chi connectivity index (χ0v) is 7.06. The lowest BCUT2D eigenvalue weighted by Crippen LogP contribution is -2.57. The predicted octanol–water partition coefficient (Wildman–Crippen LogP) is 0.350. The first-order valence-electron chi connectivity index (χ1n) is 4.27. The highest BCUT2D eigenvalue weighted by Crippen LogP contribution is 2.00. The van der Waals surface area contributed by atoms with E-state index in [-0.39, 0.29) is 0 Å². The van der Waals surface area contributed by atoms with E-state index < -0.39 is 0 Å². The van der Waals surface area contributed by atoms with Crippen LogP contribution in [0.4, 0.5) is 0 Å². The van der Waals surface area contributed by atoms with Crippen LogP contribution in [0, 0.1) is 12.3 Å². The summed E-state index contributed by atoms with van der Waals surface area (Å²) in [7, 11) is 0. The summed E-state index contributed by atoms with van der Waals surface area (Å²) in [6.45, 7) is 4.36. The summed E-state index contributed by atoms with van der Waals surface area (Å²) in [5, 5.41) is 6.72. The summed E-state index contributed by atoms with van der Waals surface area (Å²) >= 11 is 0. The van der Waals surface area contributed by atoms with Crippen molar-refractivity contribution >= 4 is 0 Å². The molecular weight excluding hydrogens is 136 g/mol. The van der Waals surface area contributed by atoms with Gasteiger partial charge >= 0.3 is 0 Å². The normalized spacial score (nSPS) is 20.4. The van der Waals surface area contributed by atoms with Crippen molar-refractivity contribution in [1.82, 2.24) is 10.6 Å². The maximum absolute atomic E-state index is 5.23. The summed E-state index contributed by atoms with van der Waals surface area (Å²) in [5.41, 5.74) is 0. The summed E-state index contributed by atoms with van der Waals surface area (Å²) in [5.74, 6) is 2.69. The topological polar surface area (TPSA) is 24.1 Å². The minimum atomic E-state index is 0.520. The number of nitrogens with one attached hydrogen (secondary N) is 2. The van der Waals surface area contributed by atoms with Crippen LogP contribution in [0.5, 0.6) is 0 Å². The molecule has 11 heavy (non-hydrogen) atoms. The van der Waals surface area contributed by atoms with Crippen LogP contribution in [0.3, 0.4) is 0 Å². The van der Waals surface area contributed by atoms with Gasteiger partial charge in [0.15, 0.2) is 0 Å². The molecule has 1 fully saturated rings. The number of hydrogen-bond acceptors (Lipinski definition) is 2. The van der Waals surface area contributed by atoms with Crippen molar-refractivity contribution in [2.45, 2.75) is 31.8 Å². The van der Waals surface area contributed by atoms with Crippen LogP contribution in [-0.4, -0.2) is 25.2 Å². The molecular formula is C9H16N2. The van der Waals surface area contributed by atoms with Gasteiger partial charge in [-0.15, -0.1) is 12.3 Å². The molecule has 0 aromatic rings. The van der Waals surface area contributed by atoms with Crippen molar-refractivity contribution in [1.29, 1.82) is 0 Å². The van der Waals surface area contributed by atoms with Crippen LogP contribution >= 0.6 is 0 Å². The highest BCUT2D eigenvalue weighted by Gasteiger charge is 2.18. The Morgan fingerprint density at radius 1 is 1.73 bits per heavy atom. The lowest BCUT2D eigenvalue weighted by molar-refractivity contribution is 0.324. The standard InChI is InChI=1S/C9H16N2/c1-3-5-8(4-2)11-9-6-10-7-9/h1,8-11H,4-7H2,2H3. The van der Waals surface area contributed by atoms with Gasteiger partial charge in [0, 0.05) is 31.6 Å². The quantitative estimate of drug-likeness (QED) is 0.568. The Labute approximate surface area is 68.8 Å². The molecule has 0 aromatic heterocycles. The molecule has 2 N–H and O–H groups in total. The first kappa shape index (κ1) is 8.58. The van der Waals surface area contributed by atoms with Crippen LogP contribution in [0.1, 0.15) is 19.8 Å². The molecule has 0 aliphatic carbocycles. The van der Waals surface area contributed by atoms with Gasteiger partial charge in [0.2, 0.25) is 0 Å². The van der Waals surface area contributed by atoms with Crippen molar-refractivity contribution in [2.24, 2.45) is 0 Å². The summed E-state index contributed by atoms with van der Waals surface area (Å²) in [4.78, 5) is 0. The van der Waals surface area contributed by atoms with Crippen LogP contribution in [-0.2, 0) is 0 Å². The molecule has 62 valence electrons. The van der Waals surface area contributed by atoms with E-state index in [9.17, 15) is 0 Å². The van der Waals surface area contributed by atoms with Crippen molar-refractivity contribution in [3.05, 3.63) is 0 Å². The molecule has 1 saturated heterocycles. The number of terminal acetylenes is 1. The fraction of sp³-hybridized carbons (Fsp3) is 0.778. The second-order valence-electron chi connectivity index (χ2n) is 3.04. The third-order valence-corrected chi connectivity index (χ3v) is 2.11. The van der Waals surface area contributed by atoms with Gasteiger partial charge in [0.25, 0.3) is 0 Å². The second kappa shape index (κ2) is 4.38. The van der Waals surface area contributed by atoms with Crippen LogP contribution in [0.15, 0.2) is 0 Å². The molecule has 1 unspecified atom stereocenters. The largest absolute Gasteiger partial charge is 0.314 e. The molecule has 1 aliphatic heterocycles. The lowest BCUT2D eigenvalue weighted by atomic mass is 10.1. The zero-order chi connectivity index (χ0) is 8.10. The molecule has 0 aromatic carbocycles. The molecule has 0 saturated carbocycles. The molecule has 0 spiro atoms. The second-order valence-corrected chi connectivity index (χ2v) is 3.04. The van der Waals surface area contributed by atoms with Crippen LogP contribution in [0.25, 0.3) is 0 Å². The molecule has 2 heteroatoms. The van der Waals surface area contributed by atoms with Crippen LogP contribution in [0.2, 0.25) is 0 Å². The Morgan fingerprint density at radius 3 is 2.82 bits per heavy atom. The molecule has 0 bridgehead atoms. The van der Waals surface area contributed by atoms with Gasteiger partial charge in [-0.3, -0.25) is 0 Å². The maximum Gasteiger partial charge on any atom is 0.0320 e. The first-order chi connectivity index (χ1) is 5.36. The fourth-order valence-electron chi connectivity index (χ4n) is 1.20. The molecule has 2 nitrogen and oxygen atoms in total. The molecule has 1 atom stereocenters. The third-order valence-electron chi connectivity index (χ3n) is 2.11. The van der Waals surface area contributed by atoms with E-state index in [0.717, 1.165) is 25.9 Å². The van der Waals surface area contributed by atoms with Gasteiger partial charge in [-0.2, -0.15) is 0 Å². The predicted molar refractivity (Wildman–Crippen MR) is 47.3 cm³/mol. The van der Waals surface area contributed by atoms with E-state index in [4.69, 9.17) is 6.42 Å². The van der Waals surface area contributed by atoms with Gasteiger partial charge in [-0.1, -0.05) is 6.92 Å². The maximum atomic E-state index is 5.23. The minimum absolute atomic E-state index is 0.520. The van der Waals surface area contributed by atoms with Gasteiger partial charge in [0.05, 0.1) is 0 Å². The van der Waals surface area contributed by atoms with E-state index >= 15 is 0 Å². The number of hydrogen-bond donors (Lipinski definition) is 2. The van der Waals surface area contributed by atoms with E-state index in [1.54, 1.807) is 0 Å².